The second kappa shape index (κ2) is 14.9. The standard InChI is InChI=1S/C38H37Cl2FN6O2S/c39-30-11-9-28(10-12-30)37-35(27-6-2-1-3-7-27)26-47(43-37)38(44-50(48,49)33-16-13-31(40)14-17-33)46-22-20-45(21-23-46)19-5-4-8-29-25-42-36-18-15-32(41)24-34(29)36/h1-3,6-7,9-18,24-25,35,42H,4-5,8,19-23,26H2/b44-38+. The third kappa shape index (κ3) is 7.73. The molecule has 3 heterocycles. The van der Waals surface area contributed by atoms with E-state index in [9.17, 15) is 12.8 Å². The number of sulfonamides is 1. The number of unbranched alkanes of at least 4 members (excludes halogenated alkanes) is 1. The number of benzene rings is 4. The van der Waals surface area contributed by atoms with Crippen LogP contribution in [-0.2, 0) is 16.4 Å². The number of guanidine groups is 1. The molecule has 1 atom stereocenters. The molecule has 4 aromatic carbocycles. The number of rotatable bonds is 9. The fraction of sp³-hybridized carbons (Fsp3) is 0.263. The molecule has 0 amide bonds. The lowest BCUT2D eigenvalue weighted by Crippen LogP contribution is -2.52. The third-order valence-electron chi connectivity index (χ3n) is 9.36. The van der Waals surface area contributed by atoms with Gasteiger partial charge in [0.1, 0.15) is 5.82 Å². The molecule has 0 saturated carbocycles. The number of nitrogens with one attached hydrogen (secondary N) is 1. The quantitative estimate of drug-likeness (QED) is 0.0951. The first-order chi connectivity index (χ1) is 24.2. The average molecular weight is 732 g/mol. The van der Waals surface area contributed by atoms with E-state index in [1.807, 2.05) is 53.6 Å². The van der Waals surface area contributed by atoms with Gasteiger partial charge >= 0.3 is 0 Å². The molecule has 7 rings (SSSR count). The summed E-state index contributed by atoms with van der Waals surface area (Å²) < 4.78 is 45.8. The van der Waals surface area contributed by atoms with Crippen molar-refractivity contribution in [2.45, 2.75) is 30.1 Å². The fourth-order valence-electron chi connectivity index (χ4n) is 6.67. The Morgan fingerprint density at radius 2 is 1.58 bits per heavy atom. The van der Waals surface area contributed by atoms with Gasteiger partial charge in [-0.2, -0.15) is 13.5 Å². The van der Waals surface area contributed by atoms with Crippen molar-refractivity contribution in [2.24, 2.45) is 9.50 Å². The van der Waals surface area contributed by atoms with Crippen molar-refractivity contribution in [1.29, 1.82) is 0 Å². The van der Waals surface area contributed by atoms with Crippen LogP contribution in [-0.4, -0.2) is 79.2 Å². The molecule has 1 aromatic heterocycles. The monoisotopic (exact) mass is 730 g/mol. The maximum Gasteiger partial charge on any atom is 0.285 e. The molecule has 2 aliphatic rings. The van der Waals surface area contributed by atoms with Crippen molar-refractivity contribution < 1.29 is 12.8 Å². The number of hydrogen-bond acceptors (Lipinski definition) is 4. The SMILES string of the molecule is O=S(=O)(/N=C(\N1CCN(CCCCc2c[nH]c3ccc(F)cc23)CC1)N1CC(c2ccccc2)C(c2ccc(Cl)cc2)=N1)c1ccc(Cl)cc1. The predicted molar refractivity (Wildman–Crippen MR) is 199 cm³/mol. The summed E-state index contributed by atoms with van der Waals surface area (Å²) in [7, 11) is -4.08. The third-order valence-corrected chi connectivity index (χ3v) is 11.1. The number of halogens is 3. The van der Waals surface area contributed by atoms with Gasteiger partial charge in [0.25, 0.3) is 10.0 Å². The Morgan fingerprint density at radius 3 is 2.30 bits per heavy atom. The van der Waals surface area contributed by atoms with Crippen LogP contribution in [0.25, 0.3) is 10.9 Å². The highest BCUT2D eigenvalue weighted by Gasteiger charge is 2.35. The number of aromatic nitrogens is 1. The number of H-pyrrole nitrogens is 1. The van der Waals surface area contributed by atoms with E-state index in [0.29, 0.717) is 35.6 Å². The van der Waals surface area contributed by atoms with Gasteiger partial charge in [-0.1, -0.05) is 65.7 Å². The molecule has 5 aromatic rings. The lowest BCUT2D eigenvalue weighted by atomic mass is 9.91. The lowest BCUT2D eigenvalue weighted by Gasteiger charge is -2.38. The van der Waals surface area contributed by atoms with E-state index in [1.165, 1.54) is 18.2 Å². The number of aryl methyl sites for hydroxylation is 1. The molecular weight excluding hydrogens is 694 g/mol. The van der Waals surface area contributed by atoms with Crippen LogP contribution in [0, 0.1) is 5.82 Å². The minimum absolute atomic E-state index is 0.0664. The first-order valence-electron chi connectivity index (χ1n) is 16.7. The number of aromatic amines is 1. The topological polar surface area (TPSA) is 84.4 Å². The maximum atomic E-state index is 13.8. The van der Waals surface area contributed by atoms with E-state index >= 15 is 0 Å². The van der Waals surface area contributed by atoms with Crippen LogP contribution in [0.1, 0.15) is 35.4 Å². The van der Waals surface area contributed by atoms with Crippen molar-refractivity contribution >= 4 is 55.8 Å². The van der Waals surface area contributed by atoms with Gasteiger partial charge in [0, 0.05) is 59.2 Å². The highest BCUT2D eigenvalue weighted by atomic mass is 35.5. The van der Waals surface area contributed by atoms with Crippen molar-refractivity contribution in [3.8, 4) is 0 Å². The van der Waals surface area contributed by atoms with Gasteiger partial charge in [-0.15, -0.1) is 4.40 Å². The molecule has 0 spiro atoms. The summed E-state index contributed by atoms with van der Waals surface area (Å²) in [6.07, 6.45) is 4.82. The molecule has 0 radical (unpaired) electrons. The van der Waals surface area contributed by atoms with Crippen LogP contribution in [0.3, 0.4) is 0 Å². The summed E-state index contributed by atoms with van der Waals surface area (Å²) >= 11 is 12.3. The molecular formula is C38H37Cl2FN6O2S. The maximum absolute atomic E-state index is 13.8. The molecule has 1 saturated heterocycles. The second-order valence-electron chi connectivity index (χ2n) is 12.6. The predicted octanol–water partition coefficient (Wildman–Crippen LogP) is 7.80. The molecule has 258 valence electrons. The zero-order valence-electron chi connectivity index (χ0n) is 27.4. The van der Waals surface area contributed by atoms with Crippen LogP contribution in [0.5, 0.6) is 0 Å². The van der Waals surface area contributed by atoms with Gasteiger partial charge < -0.3 is 9.88 Å². The molecule has 12 heteroatoms. The van der Waals surface area contributed by atoms with E-state index < -0.39 is 10.0 Å². The van der Waals surface area contributed by atoms with Crippen molar-refractivity contribution in [1.82, 2.24) is 19.8 Å². The minimum atomic E-state index is -4.08. The Bertz CT molecular complexity index is 2110. The Labute approximate surface area is 301 Å². The molecule has 2 aliphatic heterocycles. The highest BCUT2D eigenvalue weighted by Crippen LogP contribution is 2.31. The van der Waals surface area contributed by atoms with E-state index in [1.54, 1.807) is 29.3 Å². The Balaban J connectivity index is 1.10. The molecule has 50 heavy (non-hydrogen) atoms. The summed E-state index contributed by atoms with van der Waals surface area (Å²) in [6.45, 7) is 4.03. The highest BCUT2D eigenvalue weighted by molar-refractivity contribution is 7.90. The Hall–Kier alpha value is -4.22. The molecule has 0 aliphatic carbocycles. The van der Waals surface area contributed by atoms with Crippen LogP contribution < -0.4 is 0 Å². The Morgan fingerprint density at radius 1 is 0.880 bits per heavy atom. The summed E-state index contributed by atoms with van der Waals surface area (Å²) in [5.74, 6) is -0.0386. The summed E-state index contributed by atoms with van der Waals surface area (Å²) in [5, 5.41) is 8.81. The van der Waals surface area contributed by atoms with Gasteiger partial charge in [0.15, 0.2) is 0 Å². The fourth-order valence-corrected chi connectivity index (χ4v) is 7.93. The zero-order valence-corrected chi connectivity index (χ0v) is 29.7. The van der Waals surface area contributed by atoms with Crippen LogP contribution in [0.4, 0.5) is 4.39 Å². The molecule has 0 bridgehead atoms. The normalized spacial score (nSPS) is 17.5. The smallest absolute Gasteiger partial charge is 0.285 e. The van der Waals surface area contributed by atoms with Gasteiger partial charge in [-0.05, 0) is 97.1 Å². The van der Waals surface area contributed by atoms with Gasteiger partial charge in [-0.25, -0.2) is 9.40 Å². The summed E-state index contributed by atoms with van der Waals surface area (Å²) in [5.41, 5.74) is 4.89. The Kier molecular flexibility index (Phi) is 10.2. The second-order valence-corrected chi connectivity index (χ2v) is 15.1. The number of nitrogens with zero attached hydrogens (tertiary/aromatic N) is 5. The summed E-state index contributed by atoms with van der Waals surface area (Å²) in [6, 6.07) is 28.6. The number of hydrogen-bond donors (Lipinski definition) is 1. The van der Waals surface area contributed by atoms with Crippen molar-refractivity contribution in [2.75, 3.05) is 39.3 Å². The average Bonchev–Trinajstić information content (AvgIpc) is 3.75. The number of hydrazone groups is 1. The van der Waals surface area contributed by atoms with Crippen LogP contribution in [0.2, 0.25) is 10.0 Å². The van der Waals surface area contributed by atoms with Crippen molar-refractivity contribution in [3.63, 3.8) is 0 Å². The van der Waals surface area contributed by atoms with Crippen LogP contribution in [0.15, 0.2) is 118 Å². The first kappa shape index (κ1) is 34.2. The van der Waals surface area contributed by atoms with E-state index in [0.717, 1.165) is 72.2 Å². The molecule has 1 unspecified atom stereocenters. The largest absolute Gasteiger partial charge is 0.361 e. The van der Waals surface area contributed by atoms with Gasteiger partial charge in [0.2, 0.25) is 5.96 Å². The van der Waals surface area contributed by atoms with Gasteiger partial charge in [-0.3, -0.25) is 4.90 Å². The molecule has 1 fully saturated rings. The lowest BCUT2D eigenvalue weighted by molar-refractivity contribution is 0.168. The van der Waals surface area contributed by atoms with E-state index in [4.69, 9.17) is 28.3 Å². The molecule has 1 N–H and O–H groups in total. The summed E-state index contributed by atoms with van der Waals surface area (Å²) in [4.78, 5) is 7.73. The number of fused-ring (bicyclic) bond motifs is 1. The van der Waals surface area contributed by atoms with Gasteiger partial charge in [0.05, 0.1) is 17.2 Å². The zero-order chi connectivity index (χ0) is 34.7. The van der Waals surface area contributed by atoms with Crippen LogP contribution >= 0.6 is 23.2 Å². The minimum Gasteiger partial charge on any atom is -0.361 e. The van der Waals surface area contributed by atoms with Crippen molar-refractivity contribution in [3.05, 3.63) is 136 Å². The van der Waals surface area contributed by atoms with E-state index in [-0.39, 0.29) is 16.6 Å². The number of piperazine rings is 1. The first-order valence-corrected chi connectivity index (χ1v) is 18.9. The molecule has 8 nitrogen and oxygen atoms in total. The van der Waals surface area contributed by atoms with E-state index in [2.05, 4.69) is 26.4 Å².